The summed E-state index contributed by atoms with van der Waals surface area (Å²) in [6, 6.07) is 19.2. The molecule has 3 aromatic carbocycles. The van der Waals surface area contributed by atoms with E-state index in [1.165, 1.54) is 36.3 Å². The topological polar surface area (TPSA) is 96.0 Å². The van der Waals surface area contributed by atoms with E-state index in [0.717, 1.165) is 21.9 Å². The maximum absolute atomic E-state index is 14.1. The number of hydrogen-bond acceptors (Lipinski definition) is 5. The van der Waals surface area contributed by atoms with E-state index in [4.69, 9.17) is 16.3 Å². The molecule has 3 aromatic rings. The van der Waals surface area contributed by atoms with Gasteiger partial charge in [0, 0.05) is 12.6 Å². The molecular formula is C31H38ClN3O5S. The van der Waals surface area contributed by atoms with Crippen LogP contribution < -0.4 is 14.4 Å². The molecule has 0 saturated heterocycles. The van der Waals surface area contributed by atoms with Gasteiger partial charge in [0.05, 0.1) is 22.7 Å². The number of benzene rings is 3. The number of sulfonamides is 1. The third-order valence-electron chi connectivity index (χ3n) is 6.86. The fourth-order valence-corrected chi connectivity index (χ4v) is 6.11. The first-order valence-corrected chi connectivity index (χ1v) is 15.4. The quantitative estimate of drug-likeness (QED) is 0.277. The highest BCUT2D eigenvalue weighted by atomic mass is 35.5. The van der Waals surface area contributed by atoms with Gasteiger partial charge in [0.25, 0.3) is 10.0 Å². The van der Waals surface area contributed by atoms with Gasteiger partial charge in [-0.3, -0.25) is 13.9 Å². The van der Waals surface area contributed by atoms with Gasteiger partial charge in [0.2, 0.25) is 11.8 Å². The summed E-state index contributed by atoms with van der Waals surface area (Å²) in [7, 11) is -2.73. The minimum absolute atomic E-state index is 0.0199. The van der Waals surface area contributed by atoms with Crippen molar-refractivity contribution in [2.75, 3.05) is 18.0 Å². The van der Waals surface area contributed by atoms with Crippen molar-refractivity contribution in [3.8, 4) is 5.75 Å². The van der Waals surface area contributed by atoms with Gasteiger partial charge in [0.1, 0.15) is 18.3 Å². The SMILES string of the molecule is CCC(C)NC(=O)C(CC)N(Cc1cccc(C)c1)C(=O)CN(c1ccc(OC)c(Cl)c1)S(=O)(=O)c1ccccc1. The van der Waals surface area contributed by atoms with Crippen molar-refractivity contribution in [2.45, 2.75) is 64.1 Å². The van der Waals surface area contributed by atoms with Crippen molar-refractivity contribution >= 4 is 39.1 Å². The predicted octanol–water partition coefficient (Wildman–Crippen LogP) is 5.57. The van der Waals surface area contributed by atoms with Crippen LogP contribution in [0.15, 0.2) is 77.7 Å². The number of carbonyl (C=O) groups excluding carboxylic acids is 2. The van der Waals surface area contributed by atoms with Crippen molar-refractivity contribution in [3.05, 3.63) is 88.9 Å². The number of nitrogens with zero attached hydrogens (tertiary/aromatic N) is 2. The number of nitrogens with one attached hydrogen (secondary N) is 1. The van der Waals surface area contributed by atoms with E-state index in [2.05, 4.69) is 5.32 Å². The third kappa shape index (κ3) is 8.01. The largest absolute Gasteiger partial charge is 0.495 e. The van der Waals surface area contributed by atoms with Crippen molar-refractivity contribution in [3.63, 3.8) is 0 Å². The summed E-state index contributed by atoms with van der Waals surface area (Å²) in [5.41, 5.74) is 2.03. The second kappa shape index (κ2) is 14.4. The van der Waals surface area contributed by atoms with E-state index in [1.54, 1.807) is 24.3 Å². The molecule has 0 fully saturated rings. The van der Waals surface area contributed by atoms with Crippen molar-refractivity contribution in [1.82, 2.24) is 10.2 Å². The molecule has 8 nitrogen and oxygen atoms in total. The fourth-order valence-electron chi connectivity index (χ4n) is 4.43. The first-order valence-electron chi connectivity index (χ1n) is 13.6. The smallest absolute Gasteiger partial charge is 0.264 e. The molecule has 0 saturated carbocycles. The zero-order valence-electron chi connectivity index (χ0n) is 24.1. The molecule has 2 amide bonds. The Kier molecular flexibility index (Phi) is 11.2. The van der Waals surface area contributed by atoms with Crippen LogP contribution in [0.2, 0.25) is 5.02 Å². The van der Waals surface area contributed by atoms with Gasteiger partial charge in [-0.05, 0) is 62.6 Å². The van der Waals surface area contributed by atoms with Crippen LogP contribution in [-0.2, 0) is 26.2 Å². The van der Waals surface area contributed by atoms with Crippen LogP contribution in [0.1, 0.15) is 44.7 Å². The first-order chi connectivity index (χ1) is 19.5. The molecule has 0 heterocycles. The second-order valence-corrected chi connectivity index (χ2v) is 12.2. The lowest BCUT2D eigenvalue weighted by atomic mass is 10.1. The van der Waals surface area contributed by atoms with Gasteiger partial charge in [-0.25, -0.2) is 8.42 Å². The lowest BCUT2D eigenvalue weighted by Crippen LogP contribution is -2.53. The van der Waals surface area contributed by atoms with Gasteiger partial charge < -0.3 is 15.0 Å². The van der Waals surface area contributed by atoms with Gasteiger partial charge in [-0.1, -0.05) is 73.5 Å². The molecule has 0 aromatic heterocycles. The molecule has 41 heavy (non-hydrogen) atoms. The number of ether oxygens (including phenoxy) is 1. The Labute approximate surface area is 248 Å². The van der Waals surface area contributed by atoms with Gasteiger partial charge >= 0.3 is 0 Å². The molecule has 0 bridgehead atoms. The van der Waals surface area contributed by atoms with Crippen molar-refractivity contribution in [2.24, 2.45) is 0 Å². The van der Waals surface area contributed by atoms with E-state index in [0.29, 0.717) is 12.2 Å². The number of amides is 2. The van der Waals surface area contributed by atoms with E-state index in [1.807, 2.05) is 52.0 Å². The Morgan fingerprint density at radius 1 is 0.976 bits per heavy atom. The van der Waals surface area contributed by atoms with E-state index in [-0.39, 0.29) is 34.1 Å². The number of anilines is 1. The number of methoxy groups -OCH3 is 1. The molecule has 0 spiro atoms. The lowest BCUT2D eigenvalue weighted by molar-refractivity contribution is -0.140. The molecule has 2 atom stereocenters. The highest BCUT2D eigenvalue weighted by Crippen LogP contribution is 2.32. The van der Waals surface area contributed by atoms with Crippen molar-refractivity contribution < 1.29 is 22.7 Å². The fraction of sp³-hybridized carbons (Fsp3) is 0.355. The molecule has 1 N–H and O–H groups in total. The Hall–Kier alpha value is -3.56. The van der Waals surface area contributed by atoms with E-state index in [9.17, 15) is 18.0 Å². The first kappa shape index (κ1) is 32.0. The summed E-state index contributed by atoms with van der Waals surface area (Å²) in [4.78, 5) is 29.0. The average molecular weight is 600 g/mol. The third-order valence-corrected chi connectivity index (χ3v) is 8.94. The molecule has 2 unspecified atom stereocenters. The number of carbonyl (C=O) groups is 2. The van der Waals surface area contributed by atoms with E-state index < -0.39 is 28.5 Å². The minimum Gasteiger partial charge on any atom is -0.495 e. The molecule has 0 aliphatic heterocycles. The molecule has 3 rings (SSSR count). The predicted molar refractivity (Wildman–Crippen MR) is 163 cm³/mol. The standard InChI is InChI=1S/C31H38ClN3O5S/c1-6-23(4)33-31(37)28(7-2)34(20-24-13-11-12-22(3)18-24)30(36)21-35(25-16-17-29(40-5)27(32)19-25)41(38,39)26-14-9-8-10-15-26/h8-19,23,28H,6-7,20-21H2,1-5H3,(H,33,37). The van der Waals surface area contributed by atoms with Gasteiger partial charge in [-0.2, -0.15) is 0 Å². The summed E-state index contributed by atoms with van der Waals surface area (Å²) in [5, 5.41) is 3.17. The summed E-state index contributed by atoms with van der Waals surface area (Å²) in [6.45, 7) is 7.24. The molecular weight excluding hydrogens is 562 g/mol. The average Bonchev–Trinajstić information content (AvgIpc) is 2.95. The zero-order chi connectivity index (χ0) is 30.2. The van der Waals surface area contributed by atoms with Crippen LogP contribution in [0.5, 0.6) is 5.75 Å². The van der Waals surface area contributed by atoms with Crippen LogP contribution in [0.4, 0.5) is 5.69 Å². The van der Waals surface area contributed by atoms with E-state index >= 15 is 0 Å². The van der Waals surface area contributed by atoms with Crippen LogP contribution in [-0.4, -0.2) is 50.9 Å². The highest BCUT2D eigenvalue weighted by Gasteiger charge is 2.34. The zero-order valence-corrected chi connectivity index (χ0v) is 25.7. The maximum Gasteiger partial charge on any atom is 0.264 e. The molecule has 0 aliphatic carbocycles. The van der Waals surface area contributed by atoms with Gasteiger partial charge in [0.15, 0.2) is 0 Å². The van der Waals surface area contributed by atoms with Crippen LogP contribution in [0.3, 0.4) is 0 Å². The highest BCUT2D eigenvalue weighted by molar-refractivity contribution is 7.92. The molecule has 220 valence electrons. The van der Waals surface area contributed by atoms with Gasteiger partial charge in [-0.15, -0.1) is 0 Å². The van der Waals surface area contributed by atoms with Crippen LogP contribution >= 0.6 is 11.6 Å². The molecule has 10 heteroatoms. The summed E-state index contributed by atoms with van der Waals surface area (Å²) < 4.78 is 34.1. The van der Waals surface area contributed by atoms with Crippen LogP contribution in [0, 0.1) is 6.92 Å². The lowest BCUT2D eigenvalue weighted by Gasteiger charge is -2.34. The number of hydrogen-bond donors (Lipinski definition) is 1. The summed E-state index contributed by atoms with van der Waals surface area (Å²) in [6.07, 6.45) is 1.08. The van der Waals surface area contributed by atoms with Crippen LogP contribution in [0.25, 0.3) is 0 Å². The molecule has 0 radical (unpaired) electrons. The normalized spacial score (nSPS) is 12.7. The maximum atomic E-state index is 14.1. The monoisotopic (exact) mass is 599 g/mol. The summed E-state index contributed by atoms with van der Waals surface area (Å²) >= 11 is 6.37. The summed E-state index contributed by atoms with van der Waals surface area (Å²) in [5.74, 6) is -0.440. The molecule has 0 aliphatic rings. The number of rotatable bonds is 13. The van der Waals surface area contributed by atoms with Crippen molar-refractivity contribution in [1.29, 1.82) is 0 Å². The number of aryl methyl sites for hydroxylation is 1. The Morgan fingerprint density at radius 2 is 1.68 bits per heavy atom. The number of halogens is 1. The minimum atomic E-state index is -4.19. The second-order valence-electron chi connectivity index (χ2n) is 9.90. The Balaban J connectivity index is 2.08. The Bertz CT molecular complexity index is 1450. The Morgan fingerprint density at radius 3 is 2.27 bits per heavy atom.